The average Bonchev–Trinajstić information content (AvgIpc) is 2.59. The number of hydrogen-bond acceptors (Lipinski definition) is 3. The lowest BCUT2D eigenvalue weighted by Crippen LogP contribution is -2.33. The van der Waals surface area contributed by atoms with E-state index >= 15 is 0 Å². The van der Waals surface area contributed by atoms with Gasteiger partial charge in [-0.15, -0.1) is 0 Å². The van der Waals surface area contributed by atoms with Gasteiger partial charge in [-0.05, 0) is 48.0 Å². The summed E-state index contributed by atoms with van der Waals surface area (Å²) in [6.45, 7) is 0. The normalized spacial score (nSPS) is 11.8. The maximum absolute atomic E-state index is 12.9. The van der Waals surface area contributed by atoms with Gasteiger partial charge in [0.05, 0.1) is 7.11 Å². The number of allylic oxidation sites excluding steroid dienone is 1. The molecule has 0 bridgehead atoms. The summed E-state index contributed by atoms with van der Waals surface area (Å²) in [7, 11) is 1.50. The number of rotatable bonds is 7. The monoisotopic (exact) mass is 354 g/mol. The van der Waals surface area contributed by atoms with Crippen molar-refractivity contribution >= 4 is 11.9 Å². The molecule has 3 nitrogen and oxygen atoms in total. The zero-order valence-electron chi connectivity index (χ0n) is 13.1. The van der Waals surface area contributed by atoms with Crippen LogP contribution in [0.5, 0.6) is 11.5 Å². The molecule has 0 amide bonds. The fourth-order valence-corrected chi connectivity index (χ4v) is 1.91. The van der Waals surface area contributed by atoms with E-state index in [4.69, 9.17) is 4.74 Å². The molecule has 0 aliphatic rings. The summed E-state index contributed by atoms with van der Waals surface area (Å²) in [5.74, 6) is -0.137. The molecule has 0 radical (unpaired) electrons. The Hall–Kier alpha value is -2.83. The molecule has 0 aromatic heterocycles. The van der Waals surface area contributed by atoms with Gasteiger partial charge in [0.2, 0.25) is 0 Å². The lowest BCUT2D eigenvalue weighted by Gasteiger charge is -2.16. The molecule has 0 aliphatic heterocycles. The Bertz CT molecular complexity index is 755. The summed E-state index contributed by atoms with van der Waals surface area (Å²) in [5.41, 5.74) is 0.762. The lowest BCUT2D eigenvalue weighted by molar-refractivity contribution is -0.253. The third kappa shape index (κ3) is 5.07. The number of benzene rings is 2. The van der Waals surface area contributed by atoms with Gasteiger partial charge in [-0.3, -0.25) is 4.79 Å². The highest BCUT2D eigenvalue weighted by Gasteiger charge is 2.43. The second kappa shape index (κ2) is 7.83. The van der Waals surface area contributed by atoms with Crippen LogP contribution in [-0.4, -0.2) is 25.4 Å². The van der Waals surface area contributed by atoms with E-state index in [-0.39, 0.29) is 5.78 Å². The Morgan fingerprint density at radius 3 is 2.36 bits per heavy atom. The van der Waals surface area contributed by atoms with Crippen LogP contribution in [0.15, 0.2) is 54.6 Å². The van der Waals surface area contributed by atoms with Crippen molar-refractivity contribution in [2.75, 3.05) is 7.11 Å². The summed E-state index contributed by atoms with van der Waals surface area (Å²) in [5, 5.41) is 0. The third-order valence-electron chi connectivity index (χ3n) is 3.17. The van der Waals surface area contributed by atoms with E-state index in [1.807, 2.05) is 0 Å². The molecule has 2 aromatic rings. The molecule has 0 aliphatic carbocycles. The van der Waals surface area contributed by atoms with Crippen LogP contribution in [0.1, 0.15) is 15.9 Å². The van der Waals surface area contributed by atoms with Crippen LogP contribution in [-0.2, 0) is 0 Å². The van der Waals surface area contributed by atoms with Crippen molar-refractivity contribution in [3.8, 4) is 11.5 Å². The van der Waals surface area contributed by atoms with E-state index in [9.17, 15) is 22.4 Å². The highest BCUT2D eigenvalue weighted by molar-refractivity contribution is 6.06. The first-order chi connectivity index (χ1) is 11.8. The molecule has 0 spiro atoms. The standard InChI is InChI=1S/C18H14F4O3/c1-24-14-8-6-13(7-9-14)16(23)10-5-12-3-2-4-15(11-12)25-18(21,22)17(19)20/h2-11,17H,1H3/b10-5+. The molecule has 0 heterocycles. The first-order valence-electron chi connectivity index (χ1n) is 7.13. The fourth-order valence-electron chi connectivity index (χ4n) is 1.91. The second-order valence-corrected chi connectivity index (χ2v) is 4.96. The second-order valence-electron chi connectivity index (χ2n) is 4.96. The Morgan fingerprint density at radius 2 is 1.76 bits per heavy atom. The zero-order valence-corrected chi connectivity index (χ0v) is 13.1. The van der Waals surface area contributed by atoms with Crippen molar-refractivity contribution in [1.82, 2.24) is 0 Å². The van der Waals surface area contributed by atoms with Gasteiger partial charge in [-0.1, -0.05) is 18.2 Å². The third-order valence-corrected chi connectivity index (χ3v) is 3.17. The predicted molar refractivity (Wildman–Crippen MR) is 84.4 cm³/mol. The summed E-state index contributed by atoms with van der Waals surface area (Å²) in [4.78, 5) is 12.0. The van der Waals surface area contributed by atoms with Gasteiger partial charge in [0.25, 0.3) is 0 Å². The highest BCUT2D eigenvalue weighted by atomic mass is 19.3. The van der Waals surface area contributed by atoms with Crippen molar-refractivity contribution in [3.63, 3.8) is 0 Å². The SMILES string of the molecule is COc1ccc(C(=O)/C=C/c2cccc(OC(F)(F)C(F)F)c2)cc1. The van der Waals surface area contributed by atoms with Crippen LogP contribution in [0, 0.1) is 0 Å². The van der Waals surface area contributed by atoms with Crippen LogP contribution < -0.4 is 9.47 Å². The number of hydrogen-bond donors (Lipinski definition) is 0. The highest BCUT2D eigenvalue weighted by Crippen LogP contribution is 2.28. The maximum Gasteiger partial charge on any atom is 0.461 e. The summed E-state index contributed by atoms with van der Waals surface area (Å²) >= 11 is 0. The van der Waals surface area contributed by atoms with Gasteiger partial charge < -0.3 is 9.47 Å². The summed E-state index contributed by atoms with van der Waals surface area (Å²) in [6, 6.07) is 11.5. The molecule has 2 rings (SSSR count). The minimum atomic E-state index is -4.58. The lowest BCUT2D eigenvalue weighted by atomic mass is 10.1. The molecule has 25 heavy (non-hydrogen) atoms. The maximum atomic E-state index is 12.9. The Balaban J connectivity index is 2.10. The molecule has 0 N–H and O–H groups in total. The first kappa shape index (κ1) is 18.5. The first-order valence-corrected chi connectivity index (χ1v) is 7.13. The Morgan fingerprint density at radius 1 is 1.08 bits per heavy atom. The minimum Gasteiger partial charge on any atom is -0.497 e. The molecule has 0 saturated heterocycles. The van der Waals surface area contributed by atoms with Crippen molar-refractivity contribution in [2.45, 2.75) is 12.5 Å². The zero-order chi connectivity index (χ0) is 18.4. The molecule has 132 valence electrons. The van der Waals surface area contributed by atoms with Gasteiger partial charge in [0, 0.05) is 5.56 Å². The average molecular weight is 354 g/mol. The number of methoxy groups -OCH3 is 1. The van der Waals surface area contributed by atoms with Crippen molar-refractivity contribution in [2.24, 2.45) is 0 Å². The van der Waals surface area contributed by atoms with Crippen molar-refractivity contribution < 1.29 is 31.8 Å². The van der Waals surface area contributed by atoms with E-state index < -0.39 is 18.3 Å². The minimum absolute atomic E-state index is 0.313. The number of carbonyl (C=O) groups is 1. The number of halogens is 4. The van der Waals surface area contributed by atoms with Crippen LogP contribution in [0.4, 0.5) is 17.6 Å². The van der Waals surface area contributed by atoms with Crippen molar-refractivity contribution in [1.29, 1.82) is 0 Å². The quantitative estimate of drug-likeness (QED) is 0.406. The van der Waals surface area contributed by atoms with Crippen molar-refractivity contribution in [3.05, 3.63) is 65.7 Å². The number of carbonyl (C=O) groups excluding carboxylic acids is 1. The predicted octanol–water partition coefficient (Wildman–Crippen LogP) is 4.83. The van der Waals surface area contributed by atoms with Gasteiger partial charge in [0.15, 0.2) is 5.78 Å². The number of alkyl halides is 4. The Labute approximate surface area is 141 Å². The van der Waals surface area contributed by atoms with Crippen LogP contribution in [0.25, 0.3) is 6.08 Å². The van der Waals surface area contributed by atoms with E-state index in [1.165, 1.54) is 31.4 Å². The molecular weight excluding hydrogens is 340 g/mol. The van der Waals surface area contributed by atoms with E-state index in [2.05, 4.69) is 4.74 Å². The van der Waals surface area contributed by atoms with E-state index in [0.29, 0.717) is 16.9 Å². The molecule has 7 heteroatoms. The Kier molecular flexibility index (Phi) is 5.80. The van der Waals surface area contributed by atoms with Gasteiger partial charge in [-0.25, -0.2) is 0 Å². The van der Waals surface area contributed by atoms with Gasteiger partial charge >= 0.3 is 12.5 Å². The molecule has 0 saturated carbocycles. The van der Waals surface area contributed by atoms with E-state index in [0.717, 1.165) is 12.1 Å². The smallest absolute Gasteiger partial charge is 0.461 e. The molecule has 0 fully saturated rings. The van der Waals surface area contributed by atoms with Gasteiger partial charge in [0.1, 0.15) is 11.5 Å². The van der Waals surface area contributed by atoms with Crippen LogP contribution >= 0.6 is 0 Å². The molecular formula is C18H14F4O3. The fraction of sp³-hybridized carbons (Fsp3) is 0.167. The molecule has 0 unspecified atom stereocenters. The van der Waals surface area contributed by atoms with Gasteiger partial charge in [-0.2, -0.15) is 17.6 Å². The summed E-state index contributed by atoms with van der Waals surface area (Å²) in [6.07, 6.45) is -5.91. The number of ether oxygens (including phenoxy) is 2. The van der Waals surface area contributed by atoms with Crippen LogP contribution in [0.2, 0.25) is 0 Å². The molecule has 0 atom stereocenters. The molecule has 2 aromatic carbocycles. The summed E-state index contributed by atoms with van der Waals surface area (Å²) < 4.78 is 59.1. The largest absolute Gasteiger partial charge is 0.497 e. The number of ketones is 1. The van der Waals surface area contributed by atoms with E-state index in [1.54, 1.807) is 24.3 Å². The van der Waals surface area contributed by atoms with Crippen LogP contribution in [0.3, 0.4) is 0 Å². The topological polar surface area (TPSA) is 35.5 Å².